The minimum Gasteiger partial charge on any atom is -0.328 e. The predicted octanol–water partition coefficient (Wildman–Crippen LogP) is 5.58. The molecule has 3 aromatic carbocycles. The second kappa shape index (κ2) is 7.19. The summed E-state index contributed by atoms with van der Waals surface area (Å²) in [6.45, 7) is 0. The van der Waals surface area contributed by atoms with Crippen molar-refractivity contribution < 1.29 is 0 Å². The summed E-state index contributed by atoms with van der Waals surface area (Å²) in [7, 11) is 2.01. The molecular formula is C23H19N3. The van der Waals surface area contributed by atoms with E-state index in [-0.39, 0.29) is 0 Å². The number of rotatable bonds is 4. The van der Waals surface area contributed by atoms with Crippen molar-refractivity contribution in [3.8, 4) is 22.4 Å². The Kier molecular flexibility index (Phi) is 4.44. The van der Waals surface area contributed by atoms with Gasteiger partial charge in [-0.05, 0) is 23.8 Å². The summed E-state index contributed by atoms with van der Waals surface area (Å²) in [5.41, 5.74) is 5.23. The van der Waals surface area contributed by atoms with Crippen LogP contribution < -0.4 is 4.90 Å². The average molecular weight is 337 g/mol. The maximum atomic E-state index is 4.58. The molecule has 1 heterocycles. The van der Waals surface area contributed by atoms with Gasteiger partial charge in [0, 0.05) is 23.9 Å². The van der Waals surface area contributed by atoms with E-state index < -0.39 is 0 Å². The molecule has 26 heavy (non-hydrogen) atoms. The molecule has 0 aliphatic rings. The van der Waals surface area contributed by atoms with Crippen molar-refractivity contribution in [1.82, 2.24) is 10.2 Å². The van der Waals surface area contributed by atoms with Crippen molar-refractivity contribution in [3.63, 3.8) is 0 Å². The molecule has 4 aromatic rings. The minimum atomic E-state index is 0.815. The molecule has 3 nitrogen and oxygen atoms in total. The Hall–Kier alpha value is -3.46. The van der Waals surface area contributed by atoms with E-state index >= 15 is 0 Å². The molecule has 4 rings (SSSR count). The number of aromatic nitrogens is 2. The fourth-order valence-corrected chi connectivity index (χ4v) is 2.98. The summed E-state index contributed by atoms with van der Waals surface area (Å²) < 4.78 is 0. The van der Waals surface area contributed by atoms with Crippen molar-refractivity contribution >= 4 is 11.5 Å². The molecule has 0 unspecified atom stereocenters. The molecule has 0 atom stereocenters. The molecule has 0 aliphatic carbocycles. The maximum absolute atomic E-state index is 4.58. The zero-order valence-electron chi connectivity index (χ0n) is 14.6. The molecule has 0 fully saturated rings. The maximum Gasteiger partial charge on any atom is 0.156 e. The first-order chi connectivity index (χ1) is 12.8. The topological polar surface area (TPSA) is 29.0 Å². The van der Waals surface area contributed by atoms with Crippen LogP contribution >= 0.6 is 0 Å². The first kappa shape index (κ1) is 16.0. The van der Waals surface area contributed by atoms with E-state index in [0.29, 0.717) is 0 Å². The summed E-state index contributed by atoms with van der Waals surface area (Å²) >= 11 is 0. The first-order valence-corrected chi connectivity index (χ1v) is 8.60. The second-order valence-corrected chi connectivity index (χ2v) is 6.09. The first-order valence-electron chi connectivity index (χ1n) is 8.60. The monoisotopic (exact) mass is 337 g/mol. The van der Waals surface area contributed by atoms with Crippen molar-refractivity contribution in [3.05, 3.63) is 97.1 Å². The van der Waals surface area contributed by atoms with E-state index in [9.17, 15) is 0 Å². The molecule has 0 bridgehead atoms. The SMILES string of the molecule is CN(c1ccccc1)c1cc(-c2ccccc2)c(-c2ccccc2)nn1. The summed E-state index contributed by atoms with van der Waals surface area (Å²) in [6, 6.07) is 32.8. The van der Waals surface area contributed by atoms with Gasteiger partial charge in [-0.3, -0.25) is 0 Å². The molecule has 1 aromatic heterocycles. The Bertz CT molecular complexity index is 984. The lowest BCUT2D eigenvalue weighted by Gasteiger charge is -2.19. The van der Waals surface area contributed by atoms with Gasteiger partial charge in [0.1, 0.15) is 5.69 Å². The van der Waals surface area contributed by atoms with Gasteiger partial charge in [0.15, 0.2) is 5.82 Å². The largest absolute Gasteiger partial charge is 0.328 e. The number of nitrogens with zero attached hydrogens (tertiary/aromatic N) is 3. The normalized spacial score (nSPS) is 10.5. The van der Waals surface area contributed by atoms with Gasteiger partial charge in [-0.2, -0.15) is 0 Å². The van der Waals surface area contributed by atoms with Crippen LogP contribution in [0.1, 0.15) is 0 Å². The molecule has 0 aliphatic heterocycles. The highest BCUT2D eigenvalue weighted by atomic mass is 15.2. The third-order valence-electron chi connectivity index (χ3n) is 4.40. The highest BCUT2D eigenvalue weighted by Gasteiger charge is 2.14. The lowest BCUT2D eigenvalue weighted by Crippen LogP contribution is -2.12. The number of anilines is 2. The Balaban J connectivity index is 1.85. The zero-order chi connectivity index (χ0) is 17.8. The average Bonchev–Trinajstić information content (AvgIpc) is 2.75. The lowest BCUT2D eigenvalue weighted by atomic mass is 10.00. The van der Waals surface area contributed by atoms with Crippen LogP contribution in [-0.2, 0) is 0 Å². The number of hydrogen-bond acceptors (Lipinski definition) is 3. The molecular weight excluding hydrogens is 318 g/mol. The standard InChI is InChI=1S/C23H19N3/c1-26(20-15-9-4-10-16-20)22-17-21(18-11-5-2-6-12-18)23(25-24-22)19-13-7-3-8-14-19/h2-17H,1H3. The van der Waals surface area contributed by atoms with E-state index in [1.165, 1.54) is 0 Å². The smallest absolute Gasteiger partial charge is 0.156 e. The van der Waals surface area contributed by atoms with Crippen molar-refractivity contribution in [2.75, 3.05) is 11.9 Å². The highest BCUT2D eigenvalue weighted by Crippen LogP contribution is 2.33. The van der Waals surface area contributed by atoms with Gasteiger partial charge in [0.05, 0.1) is 0 Å². The summed E-state index contributed by atoms with van der Waals surface area (Å²) in [5, 5.41) is 9.07. The van der Waals surface area contributed by atoms with Crippen LogP contribution in [0.25, 0.3) is 22.4 Å². The van der Waals surface area contributed by atoms with Crippen molar-refractivity contribution in [2.45, 2.75) is 0 Å². The van der Waals surface area contributed by atoms with Gasteiger partial charge in [-0.15, -0.1) is 10.2 Å². The van der Waals surface area contributed by atoms with Crippen LogP contribution in [-0.4, -0.2) is 17.2 Å². The molecule has 0 N–H and O–H groups in total. The van der Waals surface area contributed by atoms with Gasteiger partial charge >= 0.3 is 0 Å². The summed E-state index contributed by atoms with van der Waals surface area (Å²) in [4.78, 5) is 2.05. The molecule has 0 saturated carbocycles. The van der Waals surface area contributed by atoms with E-state index in [1.54, 1.807) is 0 Å². The Morgan fingerprint density at radius 2 is 1.15 bits per heavy atom. The summed E-state index contributed by atoms with van der Waals surface area (Å²) in [5.74, 6) is 0.815. The van der Waals surface area contributed by atoms with Crippen LogP contribution in [0.5, 0.6) is 0 Å². The van der Waals surface area contributed by atoms with Gasteiger partial charge in [-0.25, -0.2) is 0 Å². The Labute approximate surface area is 153 Å². The lowest BCUT2D eigenvalue weighted by molar-refractivity contribution is 0.995. The van der Waals surface area contributed by atoms with E-state index in [4.69, 9.17) is 0 Å². The third kappa shape index (κ3) is 3.20. The number of para-hydroxylation sites is 1. The van der Waals surface area contributed by atoms with Crippen LogP contribution in [0, 0.1) is 0 Å². The zero-order valence-corrected chi connectivity index (χ0v) is 14.6. The fraction of sp³-hybridized carbons (Fsp3) is 0.0435. The fourth-order valence-electron chi connectivity index (χ4n) is 2.98. The predicted molar refractivity (Wildman–Crippen MR) is 107 cm³/mol. The van der Waals surface area contributed by atoms with Gasteiger partial charge in [0.25, 0.3) is 0 Å². The molecule has 126 valence electrons. The quantitative estimate of drug-likeness (QED) is 0.487. The Morgan fingerprint density at radius 1 is 0.615 bits per heavy atom. The minimum absolute atomic E-state index is 0.815. The molecule has 0 amide bonds. The van der Waals surface area contributed by atoms with E-state index in [0.717, 1.165) is 33.9 Å². The molecule has 0 spiro atoms. The number of benzene rings is 3. The van der Waals surface area contributed by atoms with E-state index in [1.807, 2.05) is 66.5 Å². The van der Waals surface area contributed by atoms with Crippen molar-refractivity contribution in [2.24, 2.45) is 0 Å². The van der Waals surface area contributed by atoms with Crippen LogP contribution in [0.3, 0.4) is 0 Å². The molecule has 0 radical (unpaired) electrons. The third-order valence-corrected chi connectivity index (χ3v) is 4.40. The molecule has 3 heteroatoms. The van der Waals surface area contributed by atoms with Crippen LogP contribution in [0.15, 0.2) is 97.1 Å². The highest BCUT2D eigenvalue weighted by molar-refractivity contribution is 5.82. The van der Waals surface area contributed by atoms with Gasteiger partial charge < -0.3 is 4.90 Å². The van der Waals surface area contributed by atoms with E-state index in [2.05, 4.69) is 52.7 Å². The summed E-state index contributed by atoms with van der Waals surface area (Å²) in [6.07, 6.45) is 0. The molecule has 0 saturated heterocycles. The number of hydrogen-bond donors (Lipinski definition) is 0. The van der Waals surface area contributed by atoms with Crippen LogP contribution in [0.2, 0.25) is 0 Å². The van der Waals surface area contributed by atoms with Gasteiger partial charge in [0.2, 0.25) is 0 Å². The Morgan fingerprint density at radius 3 is 1.77 bits per heavy atom. The van der Waals surface area contributed by atoms with Gasteiger partial charge in [-0.1, -0.05) is 78.9 Å². The van der Waals surface area contributed by atoms with Crippen LogP contribution in [0.4, 0.5) is 11.5 Å². The second-order valence-electron chi connectivity index (χ2n) is 6.09. The van der Waals surface area contributed by atoms with Crippen molar-refractivity contribution in [1.29, 1.82) is 0 Å².